The summed E-state index contributed by atoms with van der Waals surface area (Å²) >= 11 is 7.07. The first-order chi connectivity index (χ1) is 12.5. The summed E-state index contributed by atoms with van der Waals surface area (Å²) in [6.07, 6.45) is 0. The summed E-state index contributed by atoms with van der Waals surface area (Å²) in [5.41, 5.74) is 0.503. The second-order valence-electron chi connectivity index (χ2n) is 4.77. The number of nitrogens with one attached hydrogen (secondary N) is 2. The van der Waals surface area contributed by atoms with Crippen LogP contribution in [0.4, 0.5) is 10.3 Å². The predicted octanol–water partition coefficient (Wildman–Crippen LogP) is 3.44. The number of halogens is 1. The van der Waals surface area contributed by atoms with Gasteiger partial charge in [0.2, 0.25) is 16.2 Å². The van der Waals surface area contributed by atoms with Gasteiger partial charge in [-0.15, -0.1) is 20.4 Å². The van der Waals surface area contributed by atoms with Crippen LogP contribution in [0.1, 0.15) is 15.4 Å². The lowest BCUT2D eigenvalue weighted by Gasteiger charge is -2.02. The quantitative estimate of drug-likeness (QED) is 0.419. The van der Waals surface area contributed by atoms with Crippen molar-refractivity contribution in [2.75, 3.05) is 16.4 Å². The van der Waals surface area contributed by atoms with Gasteiger partial charge >= 0.3 is 0 Å². The molecule has 134 valence electrons. The number of hydrogen-bond donors (Lipinski definition) is 2. The van der Waals surface area contributed by atoms with Crippen LogP contribution in [0.5, 0.6) is 0 Å². The zero-order valence-electron chi connectivity index (χ0n) is 13.2. The number of aromatic nitrogens is 4. The number of rotatable bonds is 6. The Morgan fingerprint density at radius 2 is 1.81 bits per heavy atom. The SMILES string of the molecule is Cc1nnc(NC(=O)CSc2nnc(NC(=O)c3ccccc3Br)s2)s1. The van der Waals surface area contributed by atoms with Gasteiger partial charge < -0.3 is 0 Å². The molecule has 0 aliphatic carbocycles. The maximum Gasteiger partial charge on any atom is 0.258 e. The number of anilines is 2. The van der Waals surface area contributed by atoms with Crippen molar-refractivity contribution in [1.82, 2.24) is 20.4 Å². The van der Waals surface area contributed by atoms with E-state index in [1.807, 2.05) is 13.0 Å². The van der Waals surface area contributed by atoms with E-state index < -0.39 is 0 Å². The monoisotopic (exact) mass is 470 g/mol. The van der Waals surface area contributed by atoms with Crippen molar-refractivity contribution in [3.63, 3.8) is 0 Å². The molecule has 0 bridgehead atoms. The van der Waals surface area contributed by atoms with Gasteiger partial charge in [0, 0.05) is 4.47 Å². The van der Waals surface area contributed by atoms with Crippen LogP contribution in [0.2, 0.25) is 0 Å². The number of carbonyl (C=O) groups is 2. The van der Waals surface area contributed by atoms with Crippen LogP contribution in [-0.4, -0.2) is 38.0 Å². The van der Waals surface area contributed by atoms with Crippen LogP contribution >= 0.6 is 50.4 Å². The molecule has 8 nitrogen and oxygen atoms in total. The first kappa shape index (κ1) is 18.9. The van der Waals surface area contributed by atoms with Gasteiger partial charge in [-0.3, -0.25) is 20.2 Å². The fourth-order valence-electron chi connectivity index (χ4n) is 1.76. The molecule has 0 saturated heterocycles. The average Bonchev–Trinajstić information content (AvgIpc) is 3.22. The highest BCUT2D eigenvalue weighted by Crippen LogP contribution is 2.26. The van der Waals surface area contributed by atoms with Crippen LogP contribution in [0.25, 0.3) is 0 Å². The lowest BCUT2D eigenvalue weighted by atomic mass is 10.2. The summed E-state index contributed by atoms with van der Waals surface area (Å²) in [4.78, 5) is 24.1. The number of hydrogen-bond acceptors (Lipinski definition) is 9. The average molecular weight is 471 g/mol. The summed E-state index contributed by atoms with van der Waals surface area (Å²) in [7, 11) is 0. The molecule has 0 fully saturated rings. The Balaban J connectivity index is 1.52. The minimum Gasteiger partial charge on any atom is -0.300 e. The van der Waals surface area contributed by atoms with Crippen LogP contribution < -0.4 is 10.6 Å². The summed E-state index contributed by atoms with van der Waals surface area (Å²) in [6, 6.07) is 7.10. The standard InChI is InChI=1S/C14H11BrN6O2S3/c1-7-18-19-12(25-7)16-10(22)6-24-14-21-20-13(26-14)17-11(23)8-4-2-3-5-9(8)15/h2-5H,6H2,1H3,(H,16,19,22)(H,17,20,23). The highest BCUT2D eigenvalue weighted by atomic mass is 79.9. The Kier molecular flexibility index (Phi) is 6.29. The minimum absolute atomic E-state index is 0.158. The van der Waals surface area contributed by atoms with Crippen LogP contribution in [0.3, 0.4) is 0 Å². The molecular formula is C14H11BrN6O2S3. The molecule has 0 aliphatic rings. The molecule has 2 N–H and O–H groups in total. The fourth-order valence-corrected chi connectivity index (χ4v) is 4.38. The number of aryl methyl sites for hydroxylation is 1. The third kappa shape index (κ3) is 5.06. The summed E-state index contributed by atoms with van der Waals surface area (Å²) < 4.78 is 1.27. The lowest BCUT2D eigenvalue weighted by Crippen LogP contribution is -2.13. The second-order valence-corrected chi connectivity index (χ2v) is 9.01. The van der Waals surface area contributed by atoms with Crippen LogP contribution in [-0.2, 0) is 4.79 Å². The van der Waals surface area contributed by atoms with E-state index in [1.165, 1.54) is 34.4 Å². The molecule has 0 aliphatic heterocycles. The largest absolute Gasteiger partial charge is 0.300 e. The molecule has 3 aromatic rings. The first-order valence-electron chi connectivity index (χ1n) is 7.13. The zero-order chi connectivity index (χ0) is 18.5. The smallest absolute Gasteiger partial charge is 0.258 e. The lowest BCUT2D eigenvalue weighted by molar-refractivity contribution is -0.113. The van der Waals surface area contributed by atoms with Crippen molar-refractivity contribution in [2.45, 2.75) is 11.3 Å². The molecule has 3 rings (SSSR count). The van der Waals surface area contributed by atoms with Gasteiger partial charge in [0.05, 0.1) is 11.3 Å². The molecule has 0 spiro atoms. The third-order valence-corrected chi connectivity index (χ3v) is 6.26. The predicted molar refractivity (Wildman–Crippen MR) is 106 cm³/mol. The van der Waals surface area contributed by atoms with Gasteiger partial charge in [-0.25, -0.2) is 0 Å². The van der Waals surface area contributed by atoms with Crippen molar-refractivity contribution in [3.05, 3.63) is 39.3 Å². The highest BCUT2D eigenvalue weighted by Gasteiger charge is 2.14. The topological polar surface area (TPSA) is 110 Å². The fraction of sp³-hybridized carbons (Fsp3) is 0.143. The van der Waals surface area contributed by atoms with Crippen LogP contribution in [0.15, 0.2) is 33.1 Å². The maximum atomic E-state index is 12.2. The molecular weight excluding hydrogens is 460 g/mol. The minimum atomic E-state index is -0.283. The Morgan fingerprint density at radius 1 is 1.08 bits per heavy atom. The van der Waals surface area contributed by atoms with Gasteiger partial charge in [-0.05, 0) is 35.0 Å². The highest BCUT2D eigenvalue weighted by molar-refractivity contribution is 9.10. The number of thioether (sulfide) groups is 1. The molecule has 0 atom stereocenters. The van der Waals surface area contributed by atoms with E-state index in [2.05, 4.69) is 47.0 Å². The van der Waals surface area contributed by atoms with Crippen molar-refractivity contribution in [2.24, 2.45) is 0 Å². The van der Waals surface area contributed by atoms with Crippen molar-refractivity contribution >= 4 is 72.4 Å². The van der Waals surface area contributed by atoms with Gasteiger partial charge in [-0.1, -0.05) is 46.6 Å². The Morgan fingerprint density at radius 3 is 2.54 bits per heavy atom. The molecule has 0 unspecified atom stereocenters. The summed E-state index contributed by atoms with van der Waals surface area (Å²) in [5, 5.41) is 22.5. The Labute approximate surface area is 169 Å². The van der Waals surface area contributed by atoms with Crippen molar-refractivity contribution in [3.8, 4) is 0 Å². The molecule has 1 aromatic carbocycles. The van der Waals surface area contributed by atoms with E-state index in [9.17, 15) is 9.59 Å². The van der Waals surface area contributed by atoms with Gasteiger partial charge in [-0.2, -0.15) is 0 Å². The first-order valence-corrected chi connectivity index (χ1v) is 10.5. The van der Waals surface area contributed by atoms with Crippen molar-refractivity contribution < 1.29 is 9.59 Å². The van der Waals surface area contributed by atoms with E-state index in [0.29, 0.717) is 24.6 Å². The van der Waals surface area contributed by atoms with Gasteiger partial charge in [0.1, 0.15) is 5.01 Å². The molecule has 12 heteroatoms. The van der Waals surface area contributed by atoms with Gasteiger partial charge in [0.25, 0.3) is 5.91 Å². The number of nitrogens with zero attached hydrogens (tertiary/aromatic N) is 4. The number of carbonyl (C=O) groups excluding carboxylic acids is 2. The molecule has 0 saturated carbocycles. The summed E-state index contributed by atoms with van der Waals surface area (Å²) in [6.45, 7) is 1.81. The van der Waals surface area contributed by atoms with Crippen LogP contribution in [0, 0.1) is 6.92 Å². The Hall–Kier alpha value is -1.89. The number of amides is 2. The molecule has 2 heterocycles. The molecule has 2 amide bonds. The number of benzene rings is 1. The Bertz CT molecular complexity index is 944. The summed E-state index contributed by atoms with van der Waals surface area (Å²) in [5.74, 6) is -0.333. The normalized spacial score (nSPS) is 10.5. The zero-order valence-corrected chi connectivity index (χ0v) is 17.3. The van der Waals surface area contributed by atoms with Crippen molar-refractivity contribution in [1.29, 1.82) is 0 Å². The molecule has 0 radical (unpaired) electrons. The van der Waals surface area contributed by atoms with E-state index >= 15 is 0 Å². The maximum absolute atomic E-state index is 12.2. The second kappa shape index (κ2) is 8.66. The molecule has 26 heavy (non-hydrogen) atoms. The van der Waals surface area contributed by atoms with E-state index in [0.717, 1.165) is 5.01 Å². The molecule has 2 aromatic heterocycles. The van der Waals surface area contributed by atoms with Gasteiger partial charge in [0.15, 0.2) is 4.34 Å². The van der Waals surface area contributed by atoms with E-state index in [-0.39, 0.29) is 17.6 Å². The van der Waals surface area contributed by atoms with E-state index in [1.54, 1.807) is 18.2 Å². The third-order valence-electron chi connectivity index (χ3n) is 2.84. The van der Waals surface area contributed by atoms with E-state index in [4.69, 9.17) is 0 Å².